The normalized spacial score (nSPS) is 17.3. The number of likely N-dealkylation sites (N-methyl/N-ethyl adjacent to an activating group) is 1. The highest BCUT2D eigenvalue weighted by molar-refractivity contribution is 8.18. The molecule has 0 N–H and O–H groups in total. The summed E-state index contributed by atoms with van der Waals surface area (Å²) in [5.74, 6) is 0.736. The summed E-state index contributed by atoms with van der Waals surface area (Å²) in [5.41, 5.74) is 0.687. The molecule has 0 aliphatic carbocycles. The lowest BCUT2D eigenvalue weighted by Crippen LogP contribution is -2.27. The molecular weight excluding hydrogens is 362 g/mol. The van der Waals surface area contributed by atoms with Gasteiger partial charge in [0.25, 0.3) is 11.1 Å². The number of hydrogen-bond acceptors (Lipinski definition) is 5. The molecule has 0 saturated carbocycles. The van der Waals surface area contributed by atoms with Crippen LogP contribution in [0, 0.1) is 0 Å². The average Bonchev–Trinajstić information content (AvgIpc) is 2.84. The molecule has 0 aromatic heterocycles. The Bertz CT molecular complexity index is 705. The molecule has 25 heavy (non-hydrogen) atoms. The van der Waals surface area contributed by atoms with E-state index in [1.165, 1.54) is 4.90 Å². The van der Waals surface area contributed by atoms with Gasteiger partial charge in [-0.05, 0) is 62.7 Å². The van der Waals surface area contributed by atoms with Crippen LogP contribution >= 0.6 is 23.4 Å². The number of rotatable bonds is 7. The van der Waals surface area contributed by atoms with Crippen LogP contribution in [-0.2, 0) is 4.79 Å². The predicted octanol–water partition coefficient (Wildman–Crippen LogP) is 4.97. The third kappa shape index (κ3) is 4.50. The first-order chi connectivity index (χ1) is 11.9. The third-order valence-electron chi connectivity index (χ3n) is 3.71. The molecule has 1 aliphatic heterocycles. The fraction of sp³-hybridized carbons (Fsp3) is 0.444. The van der Waals surface area contributed by atoms with Crippen molar-refractivity contribution in [1.29, 1.82) is 0 Å². The average molecular weight is 384 g/mol. The van der Waals surface area contributed by atoms with Crippen LogP contribution in [0.15, 0.2) is 17.0 Å². The standard InChI is InChI=1S/C18H22ClNO4S/c1-5-11(4)24-16-13(19)8-12(9-14(16)23-7-3)10-15-17(21)20(6-2)18(22)25-15/h8-11H,5-7H2,1-4H3/b15-10+/t11-/m1/s1. The second kappa shape index (κ2) is 8.63. The van der Waals surface area contributed by atoms with Crippen molar-refractivity contribution in [2.45, 2.75) is 40.2 Å². The molecule has 1 aromatic rings. The third-order valence-corrected chi connectivity index (χ3v) is 4.90. The summed E-state index contributed by atoms with van der Waals surface area (Å²) in [7, 11) is 0. The summed E-state index contributed by atoms with van der Waals surface area (Å²) in [4.78, 5) is 25.6. The van der Waals surface area contributed by atoms with E-state index in [1.807, 2.05) is 20.8 Å². The van der Waals surface area contributed by atoms with Gasteiger partial charge < -0.3 is 9.47 Å². The van der Waals surface area contributed by atoms with Crippen LogP contribution in [-0.4, -0.2) is 35.3 Å². The Morgan fingerprint density at radius 3 is 2.56 bits per heavy atom. The Hall–Kier alpha value is -1.66. The molecule has 1 heterocycles. The number of hydrogen-bond donors (Lipinski definition) is 0. The molecule has 136 valence electrons. The zero-order valence-corrected chi connectivity index (χ0v) is 16.4. The van der Waals surface area contributed by atoms with Gasteiger partial charge in [0, 0.05) is 6.54 Å². The van der Waals surface area contributed by atoms with E-state index in [0.717, 1.165) is 18.2 Å². The first-order valence-electron chi connectivity index (χ1n) is 8.29. The Kier molecular flexibility index (Phi) is 6.79. The van der Waals surface area contributed by atoms with Gasteiger partial charge >= 0.3 is 0 Å². The van der Waals surface area contributed by atoms with E-state index in [-0.39, 0.29) is 17.3 Å². The van der Waals surface area contributed by atoms with Crippen molar-refractivity contribution in [3.63, 3.8) is 0 Å². The number of amides is 2. The molecule has 7 heteroatoms. The van der Waals surface area contributed by atoms with Gasteiger partial charge in [-0.25, -0.2) is 0 Å². The number of carbonyl (C=O) groups is 2. The van der Waals surface area contributed by atoms with E-state index in [0.29, 0.717) is 40.1 Å². The van der Waals surface area contributed by atoms with Crippen LogP contribution in [0.2, 0.25) is 5.02 Å². The van der Waals surface area contributed by atoms with Gasteiger partial charge in [0.2, 0.25) is 0 Å². The molecule has 1 atom stereocenters. The van der Waals surface area contributed by atoms with Crippen molar-refractivity contribution in [2.24, 2.45) is 0 Å². The van der Waals surface area contributed by atoms with Crippen LogP contribution in [0.5, 0.6) is 11.5 Å². The van der Waals surface area contributed by atoms with Gasteiger partial charge in [-0.3, -0.25) is 14.5 Å². The molecule has 0 bridgehead atoms. The van der Waals surface area contributed by atoms with E-state index >= 15 is 0 Å². The number of ether oxygens (including phenoxy) is 2. The Labute approximate surface area is 157 Å². The Morgan fingerprint density at radius 2 is 2.00 bits per heavy atom. The summed E-state index contributed by atoms with van der Waals surface area (Å²) in [5, 5.41) is 0.152. The summed E-state index contributed by atoms with van der Waals surface area (Å²) in [6.45, 7) is 8.44. The smallest absolute Gasteiger partial charge is 0.293 e. The molecule has 1 aliphatic rings. The zero-order chi connectivity index (χ0) is 18.6. The maximum absolute atomic E-state index is 12.2. The monoisotopic (exact) mass is 383 g/mol. The van der Waals surface area contributed by atoms with Crippen molar-refractivity contribution < 1.29 is 19.1 Å². The number of thioether (sulfide) groups is 1. The molecule has 2 amide bonds. The topological polar surface area (TPSA) is 55.8 Å². The van der Waals surface area contributed by atoms with Gasteiger partial charge in [-0.15, -0.1) is 0 Å². The number of imide groups is 1. The van der Waals surface area contributed by atoms with Gasteiger partial charge in [-0.1, -0.05) is 18.5 Å². The van der Waals surface area contributed by atoms with Crippen molar-refractivity contribution in [3.05, 3.63) is 27.6 Å². The predicted molar refractivity (Wildman–Crippen MR) is 101 cm³/mol. The first-order valence-corrected chi connectivity index (χ1v) is 9.48. The minimum absolute atomic E-state index is 0.00334. The lowest BCUT2D eigenvalue weighted by Gasteiger charge is -2.18. The Morgan fingerprint density at radius 1 is 1.28 bits per heavy atom. The van der Waals surface area contributed by atoms with Gasteiger partial charge in [-0.2, -0.15) is 0 Å². The number of benzene rings is 1. The maximum Gasteiger partial charge on any atom is 0.293 e. The van der Waals surface area contributed by atoms with Gasteiger partial charge in [0.05, 0.1) is 22.6 Å². The quantitative estimate of drug-likeness (QED) is 0.622. The van der Waals surface area contributed by atoms with E-state index in [4.69, 9.17) is 21.1 Å². The van der Waals surface area contributed by atoms with Crippen molar-refractivity contribution in [1.82, 2.24) is 4.90 Å². The minimum atomic E-state index is -0.286. The summed E-state index contributed by atoms with van der Waals surface area (Å²) in [6, 6.07) is 3.48. The summed E-state index contributed by atoms with van der Waals surface area (Å²) >= 11 is 7.30. The first kappa shape index (κ1) is 19.7. The van der Waals surface area contributed by atoms with Gasteiger partial charge in [0.1, 0.15) is 0 Å². The van der Waals surface area contributed by atoms with Crippen LogP contribution in [0.1, 0.15) is 39.7 Å². The van der Waals surface area contributed by atoms with Crippen LogP contribution < -0.4 is 9.47 Å². The number of carbonyl (C=O) groups excluding carboxylic acids is 2. The van der Waals surface area contributed by atoms with Gasteiger partial charge in [0.15, 0.2) is 11.5 Å². The van der Waals surface area contributed by atoms with Crippen LogP contribution in [0.25, 0.3) is 6.08 Å². The largest absolute Gasteiger partial charge is 0.490 e. The van der Waals surface area contributed by atoms with E-state index in [2.05, 4.69) is 0 Å². The second-order valence-corrected chi connectivity index (χ2v) is 6.93. The SMILES string of the molecule is CCOc1cc(/C=C2/SC(=O)N(CC)C2=O)cc(Cl)c1O[C@H](C)CC. The second-order valence-electron chi connectivity index (χ2n) is 5.53. The highest BCUT2D eigenvalue weighted by Gasteiger charge is 2.33. The molecule has 1 fully saturated rings. The number of halogens is 1. The zero-order valence-electron chi connectivity index (χ0n) is 14.8. The molecule has 0 spiro atoms. The summed E-state index contributed by atoms with van der Waals surface area (Å²) in [6.07, 6.45) is 2.50. The van der Waals surface area contributed by atoms with Crippen molar-refractivity contribution in [2.75, 3.05) is 13.2 Å². The Balaban J connectivity index is 2.38. The highest BCUT2D eigenvalue weighted by atomic mass is 35.5. The lowest BCUT2D eigenvalue weighted by molar-refractivity contribution is -0.122. The molecule has 5 nitrogen and oxygen atoms in total. The number of nitrogens with zero attached hydrogens (tertiary/aromatic N) is 1. The van der Waals surface area contributed by atoms with Crippen LogP contribution in [0.3, 0.4) is 0 Å². The molecule has 1 aromatic carbocycles. The minimum Gasteiger partial charge on any atom is -0.490 e. The maximum atomic E-state index is 12.2. The molecule has 2 rings (SSSR count). The lowest BCUT2D eigenvalue weighted by atomic mass is 10.1. The molecule has 0 unspecified atom stereocenters. The van der Waals surface area contributed by atoms with Crippen molar-refractivity contribution >= 4 is 40.6 Å². The van der Waals surface area contributed by atoms with E-state index in [1.54, 1.807) is 25.1 Å². The fourth-order valence-corrected chi connectivity index (χ4v) is 3.42. The molecule has 0 radical (unpaired) electrons. The summed E-state index contributed by atoms with van der Waals surface area (Å²) < 4.78 is 11.5. The highest BCUT2D eigenvalue weighted by Crippen LogP contribution is 2.39. The van der Waals surface area contributed by atoms with Crippen LogP contribution in [0.4, 0.5) is 4.79 Å². The molecule has 1 saturated heterocycles. The van der Waals surface area contributed by atoms with E-state index in [9.17, 15) is 9.59 Å². The van der Waals surface area contributed by atoms with Crippen molar-refractivity contribution in [3.8, 4) is 11.5 Å². The molecular formula is C18H22ClNO4S. The van der Waals surface area contributed by atoms with E-state index < -0.39 is 0 Å². The fourth-order valence-electron chi connectivity index (χ4n) is 2.26.